The van der Waals surface area contributed by atoms with Crippen LogP contribution in [0.15, 0.2) is 12.3 Å². The number of ketones is 2. The predicted octanol–water partition coefficient (Wildman–Crippen LogP) is 4.51. The SMILES string of the molecule is CCN(/C=C/C(=O)C1CCCCC1)CCC(=O)C1CCCCC1. The quantitative estimate of drug-likeness (QED) is 0.618. The van der Waals surface area contributed by atoms with Crippen LogP contribution in [-0.2, 0) is 9.59 Å². The van der Waals surface area contributed by atoms with E-state index >= 15 is 0 Å². The first-order chi connectivity index (χ1) is 11.2. The van der Waals surface area contributed by atoms with Gasteiger partial charge < -0.3 is 4.90 Å². The summed E-state index contributed by atoms with van der Waals surface area (Å²) in [6.07, 6.45) is 15.9. The fraction of sp³-hybridized carbons (Fsp3) is 0.800. The maximum absolute atomic E-state index is 12.3. The molecule has 0 aromatic heterocycles. The zero-order valence-corrected chi connectivity index (χ0v) is 14.8. The van der Waals surface area contributed by atoms with Gasteiger partial charge in [-0.2, -0.15) is 0 Å². The molecule has 2 fully saturated rings. The minimum atomic E-state index is 0.238. The van der Waals surface area contributed by atoms with Crippen molar-refractivity contribution < 1.29 is 9.59 Å². The zero-order chi connectivity index (χ0) is 16.5. The average Bonchev–Trinajstić information content (AvgIpc) is 2.62. The number of nitrogens with zero attached hydrogens (tertiary/aromatic N) is 1. The van der Waals surface area contributed by atoms with E-state index in [-0.39, 0.29) is 11.7 Å². The van der Waals surface area contributed by atoms with Crippen molar-refractivity contribution >= 4 is 11.6 Å². The number of Topliss-reactive ketones (excluding diaryl/α,β-unsaturated/α-hetero) is 1. The van der Waals surface area contributed by atoms with E-state index in [1.165, 1.54) is 38.5 Å². The Morgan fingerprint density at radius 1 is 0.913 bits per heavy atom. The molecule has 0 unspecified atom stereocenters. The fourth-order valence-corrected chi connectivity index (χ4v) is 3.92. The summed E-state index contributed by atoms with van der Waals surface area (Å²) in [6.45, 7) is 3.69. The van der Waals surface area contributed by atoms with Crippen LogP contribution in [0.2, 0.25) is 0 Å². The van der Waals surface area contributed by atoms with Crippen molar-refractivity contribution in [1.82, 2.24) is 4.90 Å². The molecule has 0 radical (unpaired) electrons. The minimum absolute atomic E-state index is 0.238. The summed E-state index contributed by atoms with van der Waals surface area (Å²) in [5.74, 6) is 1.25. The Bertz CT molecular complexity index is 404. The molecule has 0 heterocycles. The molecule has 2 rings (SSSR count). The first-order valence-electron chi connectivity index (χ1n) is 9.69. The van der Waals surface area contributed by atoms with Crippen molar-refractivity contribution in [2.24, 2.45) is 11.8 Å². The molecule has 23 heavy (non-hydrogen) atoms. The predicted molar refractivity (Wildman–Crippen MR) is 94.2 cm³/mol. The second-order valence-corrected chi connectivity index (χ2v) is 7.23. The third-order valence-corrected chi connectivity index (χ3v) is 5.57. The van der Waals surface area contributed by atoms with E-state index in [2.05, 4.69) is 11.8 Å². The monoisotopic (exact) mass is 319 g/mol. The third kappa shape index (κ3) is 6.12. The highest BCUT2D eigenvalue weighted by atomic mass is 16.1. The molecule has 0 bridgehead atoms. The van der Waals surface area contributed by atoms with Crippen molar-refractivity contribution in [2.45, 2.75) is 77.6 Å². The topological polar surface area (TPSA) is 37.4 Å². The summed E-state index contributed by atoms with van der Waals surface area (Å²) >= 11 is 0. The Kier molecular flexibility index (Phi) is 7.84. The highest BCUT2D eigenvalue weighted by Crippen LogP contribution is 2.26. The fourth-order valence-electron chi connectivity index (χ4n) is 3.92. The first-order valence-corrected chi connectivity index (χ1v) is 9.69. The average molecular weight is 319 g/mol. The molecule has 0 aromatic rings. The third-order valence-electron chi connectivity index (χ3n) is 5.57. The highest BCUT2D eigenvalue weighted by molar-refractivity contribution is 5.91. The van der Waals surface area contributed by atoms with E-state index in [1.54, 1.807) is 6.08 Å². The van der Waals surface area contributed by atoms with Crippen LogP contribution in [0.3, 0.4) is 0 Å². The van der Waals surface area contributed by atoms with Crippen LogP contribution < -0.4 is 0 Å². The van der Waals surface area contributed by atoms with Gasteiger partial charge in [-0.15, -0.1) is 0 Å². The van der Waals surface area contributed by atoms with Crippen LogP contribution in [0.25, 0.3) is 0 Å². The van der Waals surface area contributed by atoms with Crippen molar-refractivity contribution in [3.8, 4) is 0 Å². The summed E-state index contributed by atoms with van der Waals surface area (Å²) < 4.78 is 0. The Morgan fingerprint density at radius 3 is 2.04 bits per heavy atom. The molecule has 0 N–H and O–H groups in total. The van der Waals surface area contributed by atoms with Crippen LogP contribution in [0.5, 0.6) is 0 Å². The number of hydrogen-bond acceptors (Lipinski definition) is 3. The summed E-state index contributed by atoms with van der Waals surface area (Å²) in [5.41, 5.74) is 0. The highest BCUT2D eigenvalue weighted by Gasteiger charge is 2.21. The Labute approximate surface area is 141 Å². The normalized spacial score (nSPS) is 20.7. The molecule has 0 aliphatic heterocycles. The molecule has 0 saturated heterocycles. The molecule has 0 aromatic carbocycles. The molecule has 0 atom stereocenters. The van der Waals surface area contributed by atoms with Gasteiger partial charge in [-0.1, -0.05) is 38.5 Å². The molecular weight excluding hydrogens is 286 g/mol. The van der Waals surface area contributed by atoms with Gasteiger partial charge >= 0.3 is 0 Å². The zero-order valence-electron chi connectivity index (χ0n) is 14.8. The summed E-state index contributed by atoms with van der Waals surface area (Å²) in [4.78, 5) is 26.6. The molecule has 0 spiro atoms. The minimum Gasteiger partial charge on any atom is -0.377 e. The van der Waals surface area contributed by atoms with Crippen LogP contribution in [0.1, 0.15) is 77.6 Å². The lowest BCUT2D eigenvalue weighted by Crippen LogP contribution is -2.25. The van der Waals surface area contributed by atoms with Crippen molar-refractivity contribution in [3.05, 3.63) is 12.3 Å². The van der Waals surface area contributed by atoms with E-state index < -0.39 is 0 Å². The summed E-state index contributed by atoms with van der Waals surface area (Å²) in [5, 5.41) is 0. The van der Waals surface area contributed by atoms with Gasteiger partial charge in [0.1, 0.15) is 5.78 Å². The van der Waals surface area contributed by atoms with E-state index in [4.69, 9.17) is 0 Å². The van der Waals surface area contributed by atoms with Gasteiger partial charge in [0.05, 0.1) is 0 Å². The number of carbonyl (C=O) groups is 2. The second kappa shape index (κ2) is 9.89. The molecule has 130 valence electrons. The lowest BCUT2D eigenvalue weighted by atomic mass is 9.85. The smallest absolute Gasteiger partial charge is 0.160 e. The van der Waals surface area contributed by atoms with Gasteiger partial charge in [0.15, 0.2) is 5.78 Å². The molecule has 2 aliphatic rings. The molecule has 3 nitrogen and oxygen atoms in total. The van der Waals surface area contributed by atoms with Gasteiger partial charge in [-0.3, -0.25) is 9.59 Å². The number of allylic oxidation sites excluding steroid dienone is 1. The summed E-state index contributed by atoms with van der Waals surface area (Å²) in [7, 11) is 0. The Morgan fingerprint density at radius 2 is 1.48 bits per heavy atom. The van der Waals surface area contributed by atoms with Gasteiger partial charge in [0.25, 0.3) is 0 Å². The first kappa shape index (κ1) is 18.2. The second-order valence-electron chi connectivity index (χ2n) is 7.23. The van der Waals surface area contributed by atoms with Gasteiger partial charge in [-0.25, -0.2) is 0 Å². The van der Waals surface area contributed by atoms with Gasteiger partial charge in [-0.05, 0) is 38.7 Å². The molecule has 2 saturated carbocycles. The Hall–Kier alpha value is -1.12. The van der Waals surface area contributed by atoms with Crippen LogP contribution >= 0.6 is 0 Å². The maximum Gasteiger partial charge on any atom is 0.160 e. The molecular formula is C20H33NO2. The van der Waals surface area contributed by atoms with Crippen LogP contribution in [0, 0.1) is 11.8 Å². The van der Waals surface area contributed by atoms with E-state index in [1.807, 2.05) is 6.20 Å². The molecule has 3 heteroatoms. The Balaban J connectivity index is 1.74. The van der Waals surface area contributed by atoms with Crippen LogP contribution in [0.4, 0.5) is 0 Å². The van der Waals surface area contributed by atoms with E-state index in [0.29, 0.717) is 18.1 Å². The van der Waals surface area contributed by atoms with Crippen LogP contribution in [-0.4, -0.2) is 29.6 Å². The van der Waals surface area contributed by atoms with Crippen molar-refractivity contribution in [3.63, 3.8) is 0 Å². The lowest BCUT2D eigenvalue weighted by molar-refractivity contribution is -0.124. The van der Waals surface area contributed by atoms with E-state index in [9.17, 15) is 9.59 Å². The molecule has 2 aliphatic carbocycles. The summed E-state index contributed by atoms with van der Waals surface area (Å²) in [6, 6.07) is 0. The number of carbonyl (C=O) groups excluding carboxylic acids is 2. The molecule has 0 amide bonds. The standard InChI is InChI=1S/C20H33NO2/c1-2-21(15-13-19(22)17-9-5-3-6-10-17)16-14-20(23)18-11-7-4-8-12-18/h13,15,17-18H,2-12,14,16H2,1H3/b15-13+. The largest absolute Gasteiger partial charge is 0.377 e. The number of rotatable bonds is 8. The van der Waals surface area contributed by atoms with E-state index in [0.717, 1.165) is 38.8 Å². The van der Waals surface area contributed by atoms with Crippen molar-refractivity contribution in [1.29, 1.82) is 0 Å². The van der Waals surface area contributed by atoms with Gasteiger partial charge in [0.2, 0.25) is 0 Å². The maximum atomic E-state index is 12.3. The van der Waals surface area contributed by atoms with Crippen molar-refractivity contribution in [2.75, 3.05) is 13.1 Å². The van der Waals surface area contributed by atoms with Gasteiger partial charge in [0, 0.05) is 37.5 Å². The number of hydrogen-bond donors (Lipinski definition) is 0. The lowest BCUT2D eigenvalue weighted by Gasteiger charge is -2.23.